The minimum absolute atomic E-state index is 0.255. The van der Waals surface area contributed by atoms with E-state index in [0.29, 0.717) is 12.1 Å². The highest BCUT2D eigenvalue weighted by molar-refractivity contribution is 4.90. The summed E-state index contributed by atoms with van der Waals surface area (Å²) < 4.78 is 5.47. The summed E-state index contributed by atoms with van der Waals surface area (Å²) in [4.78, 5) is 2.31. The van der Waals surface area contributed by atoms with Crippen molar-refractivity contribution in [2.24, 2.45) is 0 Å². The minimum Gasteiger partial charge on any atom is -0.395 e. The first-order chi connectivity index (χ1) is 4.92. The number of ether oxygens (including phenoxy) is 1. The first-order valence-corrected chi connectivity index (χ1v) is 3.88. The van der Waals surface area contributed by atoms with Crippen LogP contribution in [0.4, 0.5) is 0 Å². The Morgan fingerprint density at radius 3 is 3.00 bits per heavy atom. The molecule has 0 spiro atoms. The molecule has 0 aromatic heterocycles. The maximum atomic E-state index is 8.95. The third-order valence-corrected chi connectivity index (χ3v) is 2.50. The summed E-state index contributed by atoms with van der Waals surface area (Å²) in [6.45, 7) is 3.21. The molecule has 2 aliphatic heterocycles. The summed E-state index contributed by atoms with van der Waals surface area (Å²) in [5, 5.41) is 8.95. The number of aliphatic hydroxyl groups is 1. The molecule has 2 rings (SSSR count). The van der Waals surface area contributed by atoms with Crippen LogP contribution in [0.25, 0.3) is 0 Å². The Labute approximate surface area is 60.6 Å². The van der Waals surface area contributed by atoms with Gasteiger partial charge in [0.15, 0.2) is 0 Å². The van der Waals surface area contributed by atoms with Crippen LogP contribution >= 0.6 is 0 Å². The van der Waals surface area contributed by atoms with Gasteiger partial charge in [-0.2, -0.15) is 0 Å². The number of morpholine rings is 1. The van der Waals surface area contributed by atoms with Crippen molar-refractivity contribution in [3.63, 3.8) is 0 Å². The summed E-state index contributed by atoms with van der Waals surface area (Å²) in [7, 11) is 0. The number of fused-ring (bicyclic) bond motifs is 2. The Bertz CT molecular complexity index is 113. The van der Waals surface area contributed by atoms with Gasteiger partial charge in [-0.3, -0.25) is 4.90 Å². The number of hydrogen-bond donors (Lipinski definition) is 1. The molecule has 1 N–H and O–H groups in total. The lowest BCUT2D eigenvalue weighted by atomic mass is 10.1. The number of nitrogens with zero attached hydrogens (tertiary/aromatic N) is 1. The Morgan fingerprint density at radius 2 is 2.40 bits per heavy atom. The molecule has 2 unspecified atom stereocenters. The Morgan fingerprint density at radius 1 is 1.50 bits per heavy atom. The third kappa shape index (κ3) is 0.856. The zero-order valence-corrected chi connectivity index (χ0v) is 5.99. The van der Waals surface area contributed by atoms with Crippen molar-refractivity contribution >= 4 is 0 Å². The van der Waals surface area contributed by atoms with E-state index < -0.39 is 0 Å². The van der Waals surface area contributed by atoms with Crippen LogP contribution in [0, 0.1) is 0 Å². The SMILES string of the molecule is OCC1[C@@H]2CCN1CCO2. The molecule has 0 aromatic rings. The summed E-state index contributed by atoms with van der Waals surface area (Å²) in [6, 6.07) is 0.300. The summed E-state index contributed by atoms with van der Waals surface area (Å²) in [5.41, 5.74) is 0. The summed E-state index contributed by atoms with van der Waals surface area (Å²) in [6.07, 6.45) is 1.42. The molecule has 2 bridgehead atoms. The molecule has 3 atom stereocenters. The average molecular weight is 143 g/mol. The predicted octanol–water partition coefficient (Wildman–Crippen LogP) is -0.548. The Kier molecular flexibility index (Phi) is 1.64. The molecule has 0 amide bonds. The van der Waals surface area contributed by atoms with Gasteiger partial charge in [0.1, 0.15) is 0 Å². The maximum Gasteiger partial charge on any atom is 0.0765 e. The highest BCUT2D eigenvalue weighted by Crippen LogP contribution is 2.23. The minimum atomic E-state index is 0.255. The van der Waals surface area contributed by atoms with E-state index in [2.05, 4.69) is 4.90 Å². The topological polar surface area (TPSA) is 32.7 Å². The largest absolute Gasteiger partial charge is 0.395 e. The van der Waals surface area contributed by atoms with E-state index in [-0.39, 0.29) is 6.61 Å². The van der Waals surface area contributed by atoms with Crippen LogP contribution < -0.4 is 0 Å². The molecule has 2 heterocycles. The fraction of sp³-hybridized carbons (Fsp3) is 1.00. The predicted molar refractivity (Wildman–Crippen MR) is 36.8 cm³/mol. The molecule has 3 heteroatoms. The van der Waals surface area contributed by atoms with Crippen molar-refractivity contribution in [2.45, 2.75) is 18.6 Å². The monoisotopic (exact) mass is 143 g/mol. The second-order valence-corrected chi connectivity index (χ2v) is 2.98. The first kappa shape index (κ1) is 6.58. The molecule has 2 fully saturated rings. The van der Waals surface area contributed by atoms with Crippen molar-refractivity contribution in [1.29, 1.82) is 0 Å². The molecule has 58 valence electrons. The smallest absolute Gasteiger partial charge is 0.0765 e. The molecule has 10 heavy (non-hydrogen) atoms. The van der Waals surface area contributed by atoms with Gasteiger partial charge in [-0.05, 0) is 6.42 Å². The van der Waals surface area contributed by atoms with Crippen LogP contribution in [-0.4, -0.2) is 48.5 Å². The standard InChI is InChI=1S/C7H13NO2/c9-5-6-7-1-2-8(6)3-4-10-7/h6-7,9H,1-5H2/t6?,7-/m0/s1. The van der Waals surface area contributed by atoms with Crippen molar-refractivity contribution in [2.75, 3.05) is 26.3 Å². The van der Waals surface area contributed by atoms with E-state index in [1.807, 2.05) is 0 Å². The molecule has 0 saturated carbocycles. The molecular formula is C7H13NO2. The van der Waals surface area contributed by atoms with E-state index >= 15 is 0 Å². The van der Waals surface area contributed by atoms with E-state index in [1.54, 1.807) is 0 Å². The van der Waals surface area contributed by atoms with Gasteiger partial charge >= 0.3 is 0 Å². The quantitative estimate of drug-likeness (QED) is 0.534. The highest BCUT2D eigenvalue weighted by atomic mass is 16.5. The van der Waals surface area contributed by atoms with Gasteiger partial charge < -0.3 is 9.84 Å². The Balaban J connectivity index is 2.06. The van der Waals surface area contributed by atoms with Crippen LogP contribution in [0.1, 0.15) is 6.42 Å². The second kappa shape index (κ2) is 2.49. The van der Waals surface area contributed by atoms with E-state index in [4.69, 9.17) is 9.84 Å². The zero-order chi connectivity index (χ0) is 6.97. The lowest BCUT2D eigenvalue weighted by Crippen LogP contribution is -2.45. The molecule has 0 radical (unpaired) electrons. The number of aliphatic hydroxyl groups excluding tert-OH is 1. The van der Waals surface area contributed by atoms with Gasteiger partial charge in [0, 0.05) is 13.1 Å². The van der Waals surface area contributed by atoms with Gasteiger partial charge in [-0.1, -0.05) is 0 Å². The number of rotatable bonds is 1. The average Bonchev–Trinajstić information content (AvgIpc) is 2.19. The molecule has 2 saturated heterocycles. The van der Waals surface area contributed by atoms with Gasteiger partial charge in [0.05, 0.1) is 25.4 Å². The summed E-state index contributed by atoms with van der Waals surface area (Å²) >= 11 is 0. The maximum absolute atomic E-state index is 8.95. The van der Waals surface area contributed by atoms with Crippen LogP contribution in [0.2, 0.25) is 0 Å². The molecule has 0 aromatic carbocycles. The van der Waals surface area contributed by atoms with Crippen molar-refractivity contribution in [3.8, 4) is 0 Å². The first-order valence-electron chi connectivity index (χ1n) is 3.88. The summed E-state index contributed by atoms with van der Waals surface area (Å²) in [5.74, 6) is 0. The highest BCUT2D eigenvalue weighted by Gasteiger charge is 2.37. The van der Waals surface area contributed by atoms with Crippen LogP contribution in [0.5, 0.6) is 0 Å². The normalized spacial score (nSPS) is 45.9. The van der Waals surface area contributed by atoms with E-state index in [1.165, 1.54) is 0 Å². The lowest BCUT2D eigenvalue weighted by molar-refractivity contribution is -0.0399. The van der Waals surface area contributed by atoms with Gasteiger partial charge in [-0.25, -0.2) is 0 Å². The van der Waals surface area contributed by atoms with Gasteiger partial charge in [-0.15, -0.1) is 0 Å². The zero-order valence-electron chi connectivity index (χ0n) is 5.99. The molecule has 3 nitrogen and oxygen atoms in total. The third-order valence-electron chi connectivity index (χ3n) is 2.50. The van der Waals surface area contributed by atoms with Crippen molar-refractivity contribution < 1.29 is 9.84 Å². The number of hydrogen-bond acceptors (Lipinski definition) is 3. The van der Waals surface area contributed by atoms with Gasteiger partial charge in [0.25, 0.3) is 0 Å². The van der Waals surface area contributed by atoms with Crippen LogP contribution in [0.15, 0.2) is 0 Å². The molecular weight excluding hydrogens is 130 g/mol. The van der Waals surface area contributed by atoms with Crippen LogP contribution in [0.3, 0.4) is 0 Å². The molecule has 0 aliphatic carbocycles. The van der Waals surface area contributed by atoms with E-state index in [9.17, 15) is 0 Å². The van der Waals surface area contributed by atoms with Crippen molar-refractivity contribution in [3.05, 3.63) is 0 Å². The van der Waals surface area contributed by atoms with Crippen LogP contribution in [-0.2, 0) is 4.74 Å². The van der Waals surface area contributed by atoms with E-state index in [0.717, 1.165) is 26.1 Å². The van der Waals surface area contributed by atoms with Crippen molar-refractivity contribution in [1.82, 2.24) is 4.90 Å². The fourth-order valence-electron chi connectivity index (χ4n) is 1.91. The second-order valence-electron chi connectivity index (χ2n) is 2.98. The molecule has 2 aliphatic rings. The van der Waals surface area contributed by atoms with Gasteiger partial charge in [0.2, 0.25) is 0 Å². The Hall–Kier alpha value is -0.120. The fourth-order valence-corrected chi connectivity index (χ4v) is 1.91. The lowest BCUT2D eigenvalue weighted by Gasteiger charge is -2.31.